The maximum atomic E-state index is 6.27. The zero-order valence-corrected chi connectivity index (χ0v) is 11.9. The molecule has 0 amide bonds. The Labute approximate surface area is 124 Å². The molecule has 4 rings (SSSR count). The van der Waals surface area contributed by atoms with Crippen molar-refractivity contribution < 1.29 is 0 Å². The van der Waals surface area contributed by atoms with Gasteiger partial charge >= 0.3 is 0 Å². The molecule has 1 heterocycles. The second-order valence-electron chi connectivity index (χ2n) is 5.83. The lowest BCUT2D eigenvalue weighted by Crippen LogP contribution is -2.17. The van der Waals surface area contributed by atoms with E-state index in [9.17, 15) is 0 Å². The second kappa shape index (κ2) is 4.97. The van der Waals surface area contributed by atoms with Crippen molar-refractivity contribution >= 4 is 10.9 Å². The molecule has 2 aromatic carbocycles. The average Bonchev–Trinajstić information content (AvgIpc) is 2.54. The fourth-order valence-electron chi connectivity index (χ4n) is 3.24. The zero-order valence-electron chi connectivity index (χ0n) is 11.9. The average molecular weight is 274 g/mol. The van der Waals surface area contributed by atoms with Gasteiger partial charge in [0.2, 0.25) is 0 Å². The number of pyridine rings is 1. The highest BCUT2D eigenvalue weighted by molar-refractivity contribution is 5.83. The molecule has 1 aliphatic rings. The lowest BCUT2D eigenvalue weighted by Gasteiger charge is -2.23. The molecule has 2 heteroatoms. The molecule has 0 fully saturated rings. The summed E-state index contributed by atoms with van der Waals surface area (Å²) in [5.74, 6) is 0. The van der Waals surface area contributed by atoms with Crippen molar-refractivity contribution in [1.29, 1.82) is 0 Å². The Bertz CT molecular complexity index is 808. The fourth-order valence-corrected chi connectivity index (χ4v) is 3.24. The maximum absolute atomic E-state index is 6.27. The van der Waals surface area contributed by atoms with Crippen molar-refractivity contribution in [3.8, 4) is 11.1 Å². The highest BCUT2D eigenvalue weighted by Crippen LogP contribution is 2.32. The summed E-state index contributed by atoms with van der Waals surface area (Å²) < 4.78 is 0. The third-order valence-electron chi connectivity index (χ3n) is 4.43. The Morgan fingerprint density at radius 1 is 1.00 bits per heavy atom. The van der Waals surface area contributed by atoms with E-state index in [1.807, 2.05) is 18.3 Å². The number of nitrogens with two attached hydrogens (primary N) is 1. The normalized spacial score (nSPS) is 17.7. The summed E-state index contributed by atoms with van der Waals surface area (Å²) in [5, 5.41) is 1.18. The molecule has 3 aromatic rings. The lowest BCUT2D eigenvalue weighted by atomic mass is 9.86. The van der Waals surface area contributed by atoms with Crippen molar-refractivity contribution in [3.63, 3.8) is 0 Å². The molecular formula is C19H18N2. The third-order valence-corrected chi connectivity index (χ3v) is 4.43. The number of aromatic nitrogens is 1. The Morgan fingerprint density at radius 3 is 2.86 bits per heavy atom. The summed E-state index contributed by atoms with van der Waals surface area (Å²) in [5.41, 5.74) is 12.4. The molecule has 0 saturated carbocycles. The van der Waals surface area contributed by atoms with Crippen LogP contribution in [0.2, 0.25) is 0 Å². The van der Waals surface area contributed by atoms with Gasteiger partial charge in [-0.05, 0) is 54.2 Å². The molecule has 0 saturated heterocycles. The van der Waals surface area contributed by atoms with Gasteiger partial charge in [-0.2, -0.15) is 0 Å². The van der Waals surface area contributed by atoms with Gasteiger partial charge in [0.25, 0.3) is 0 Å². The van der Waals surface area contributed by atoms with Gasteiger partial charge in [0, 0.05) is 23.2 Å². The molecule has 0 aliphatic heterocycles. The monoisotopic (exact) mass is 274 g/mol. The van der Waals surface area contributed by atoms with E-state index in [2.05, 4.69) is 41.4 Å². The molecule has 2 N–H and O–H groups in total. The SMILES string of the molecule is NC1CCCc2ccc(-c3cnc4ccccc4c3)cc21. The molecule has 1 aromatic heterocycles. The van der Waals surface area contributed by atoms with E-state index in [1.54, 1.807) is 0 Å². The summed E-state index contributed by atoms with van der Waals surface area (Å²) in [4.78, 5) is 4.56. The number of aryl methyl sites for hydroxylation is 1. The molecule has 2 nitrogen and oxygen atoms in total. The first-order chi connectivity index (χ1) is 10.3. The third kappa shape index (κ3) is 2.22. The zero-order chi connectivity index (χ0) is 14.2. The van der Waals surface area contributed by atoms with E-state index >= 15 is 0 Å². The van der Waals surface area contributed by atoms with Gasteiger partial charge in [-0.1, -0.05) is 30.3 Å². The van der Waals surface area contributed by atoms with Crippen molar-refractivity contribution in [1.82, 2.24) is 4.98 Å². The fraction of sp³-hybridized carbons (Fsp3) is 0.211. The van der Waals surface area contributed by atoms with E-state index in [4.69, 9.17) is 5.73 Å². The van der Waals surface area contributed by atoms with Crippen LogP contribution in [0.1, 0.15) is 30.0 Å². The van der Waals surface area contributed by atoms with Crippen LogP contribution in [0.3, 0.4) is 0 Å². The van der Waals surface area contributed by atoms with Crippen LogP contribution < -0.4 is 5.73 Å². The smallest absolute Gasteiger partial charge is 0.0702 e. The molecule has 0 spiro atoms. The van der Waals surface area contributed by atoms with Gasteiger partial charge in [-0.25, -0.2) is 0 Å². The van der Waals surface area contributed by atoms with Gasteiger partial charge in [0.05, 0.1) is 5.52 Å². The van der Waals surface area contributed by atoms with Gasteiger partial charge in [-0.15, -0.1) is 0 Å². The van der Waals surface area contributed by atoms with Crippen molar-refractivity contribution in [2.24, 2.45) is 5.73 Å². The van der Waals surface area contributed by atoms with E-state index in [0.717, 1.165) is 23.9 Å². The minimum atomic E-state index is 0.183. The van der Waals surface area contributed by atoms with Crippen molar-refractivity contribution in [2.45, 2.75) is 25.3 Å². The van der Waals surface area contributed by atoms with E-state index in [1.165, 1.54) is 28.5 Å². The number of hydrogen-bond acceptors (Lipinski definition) is 2. The summed E-state index contributed by atoms with van der Waals surface area (Å²) in [6, 6.07) is 17.3. The van der Waals surface area contributed by atoms with Gasteiger partial charge < -0.3 is 5.73 Å². The topological polar surface area (TPSA) is 38.9 Å². The Kier molecular flexibility index (Phi) is 2.97. The lowest BCUT2D eigenvalue weighted by molar-refractivity contribution is 0.571. The quantitative estimate of drug-likeness (QED) is 0.721. The van der Waals surface area contributed by atoms with E-state index < -0.39 is 0 Å². The van der Waals surface area contributed by atoms with Crippen LogP contribution >= 0.6 is 0 Å². The molecule has 1 unspecified atom stereocenters. The Balaban J connectivity index is 1.83. The largest absolute Gasteiger partial charge is 0.324 e. The van der Waals surface area contributed by atoms with Crippen molar-refractivity contribution in [2.75, 3.05) is 0 Å². The van der Waals surface area contributed by atoms with Crippen LogP contribution in [0.25, 0.3) is 22.0 Å². The molecule has 1 atom stereocenters. The Morgan fingerprint density at radius 2 is 1.90 bits per heavy atom. The number of nitrogens with zero attached hydrogens (tertiary/aromatic N) is 1. The number of hydrogen-bond donors (Lipinski definition) is 1. The maximum Gasteiger partial charge on any atom is 0.0702 e. The minimum Gasteiger partial charge on any atom is -0.324 e. The second-order valence-corrected chi connectivity index (χ2v) is 5.83. The standard InChI is InChI=1S/C19H18N2/c20-18-6-3-5-13-8-9-14(11-17(13)18)16-10-15-4-1-2-7-19(15)21-12-16/h1-2,4,7-12,18H,3,5-6,20H2. The molecular weight excluding hydrogens is 256 g/mol. The summed E-state index contributed by atoms with van der Waals surface area (Å²) in [6.45, 7) is 0. The number of benzene rings is 2. The summed E-state index contributed by atoms with van der Waals surface area (Å²) in [6.07, 6.45) is 5.40. The molecule has 104 valence electrons. The van der Waals surface area contributed by atoms with Crippen LogP contribution in [0.15, 0.2) is 54.7 Å². The van der Waals surface area contributed by atoms with E-state index in [0.29, 0.717) is 0 Å². The van der Waals surface area contributed by atoms with Gasteiger partial charge in [0.1, 0.15) is 0 Å². The molecule has 0 radical (unpaired) electrons. The first-order valence-electron chi connectivity index (χ1n) is 7.55. The first-order valence-corrected chi connectivity index (χ1v) is 7.55. The Hall–Kier alpha value is -2.19. The van der Waals surface area contributed by atoms with Crippen LogP contribution in [0, 0.1) is 0 Å². The predicted octanol–water partition coefficient (Wildman–Crippen LogP) is 4.24. The highest BCUT2D eigenvalue weighted by Gasteiger charge is 2.17. The van der Waals surface area contributed by atoms with Crippen LogP contribution in [-0.2, 0) is 6.42 Å². The number of para-hydroxylation sites is 1. The van der Waals surface area contributed by atoms with Gasteiger partial charge in [0.15, 0.2) is 0 Å². The minimum absolute atomic E-state index is 0.183. The van der Waals surface area contributed by atoms with Crippen LogP contribution in [0.4, 0.5) is 0 Å². The van der Waals surface area contributed by atoms with E-state index in [-0.39, 0.29) is 6.04 Å². The molecule has 1 aliphatic carbocycles. The van der Waals surface area contributed by atoms with Crippen molar-refractivity contribution in [3.05, 3.63) is 65.9 Å². The summed E-state index contributed by atoms with van der Waals surface area (Å²) >= 11 is 0. The number of rotatable bonds is 1. The number of fused-ring (bicyclic) bond motifs is 2. The summed E-state index contributed by atoms with van der Waals surface area (Å²) in [7, 11) is 0. The molecule has 21 heavy (non-hydrogen) atoms. The highest BCUT2D eigenvalue weighted by atomic mass is 14.7. The van der Waals surface area contributed by atoms with Crippen LogP contribution in [0.5, 0.6) is 0 Å². The molecule has 0 bridgehead atoms. The predicted molar refractivity (Wildman–Crippen MR) is 87.0 cm³/mol. The first kappa shape index (κ1) is 12.5. The van der Waals surface area contributed by atoms with Crippen LogP contribution in [-0.4, -0.2) is 4.98 Å². The van der Waals surface area contributed by atoms with Gasteiger partial charge in [-0.3, -0.25) is 4.98 Å².